The molecule has 0 aromatic rings. The molecule has 1 heterocycles. The smallest absolute Gasteiger partial charge is 0.230 e. The molecule has 94 valence electrons. The highest BCUT2D eigenvalue weighted by Gasteiger charge is 2.16. The second-order valence-corrected chi connectivity index (χ2v) is 4.82. The number of hydrogen-bond donors (Lipinski definition) is 3. The van der Waals surface area contributed by atoms with E-state index in [0.717, 1.165) is 19.4 Å². The number of carbonyl (C=O) groups excluding carboxylic acids is 1. The number of ether oxygens (including phenoxy) is 1. The largest absolute Gasteiger partial charge is 0.394 e. The van der Waals surface area contributed by atoms with E-state index in [4.69, 9.17) is 14.9 Å². The lowest BCUT2D eigenvalue weighted by molar-refractivity contribution is -0.119. The summed E-state index contributed by atoms with van der Waals surface area (Å²) in [5, 5.41) is 20.4. The molecule has 1 rings (SSSR count). The monoisotopic (exact) mass is 249 g/mol. The molecule has 0 spiro atoms. The first-order valence-electron chi connectivity index (χ1n) is 5.47. The van der Waals surface area contributed by atoms with Gasteiger partial charge in [-0.05, 0) is 12.8 Å². The van der Waals surface area contributed by atoms with Crippen LogP contribution in [0, 0.1) is 0 Å². The van der Waals surface area contributed by atoms with E-state index in [-0.39, 0.29) is 18.6 Å². The van der Waals surface area contributed by atoms with Crippen LogP contribution in [0.25, 0.3) is 0 Å². The highest BCUT2D eigenvalue weighted by Crippen LogP contribution is 2.10. The molecular formula is C10H19NO4S. The zero-order valence-electron chi connectivity index (χ0n) is 9.22. The predicted octanol–water partition coefficient (Wildman–Crippen LogP) is -0.632. The molecule has 0 aliphatic carbocycles. The zero-order chi connectivity index (χ0) is 11.8. The molecule has 1 aliphatic heterocycles. The molecule has 0 radical (unpaired) electrons. The third-order valence-corrected chi connectivity index (χ3v) is 3.39. The van der Waals surface area contributed by atoms with Gasteiger partial charge in [0, 0.05) is 18.9 Å². The van der Waals surface area contributed by atoms with Crippen LogP contribution in [-0.2, 0) is 9.53 Å². The van der Waals surface area contributed by atoms with E-state index in [1.54, 1.807) is 0 Å². The van der Waals surface area contributed by atoms with Crippen LogP contribution in [0.4, 0.5) is 0 Å². The quantitative estimate of drug-likeness (QED) is 0.560. The second kappa shape index (κ2) is 7.89. The van der Waals surface area contributed by atoms with Crippen LogP contribution >= 0.6 is 11.8 Å². The summed E-state index contributed by atoms with van der Waals surface area (Å²) in [6.45, 7) is 1.10. The topological polar surface area (TPSA) is 78.8 Å². The summed E-state index contributed by atoms with van der Waals surface area (Å²) in [5.74, 6) is 0.638. The molecule has 6 heteroatoms. The number of carbonyl (C=O) groups is 1. The molecule has 0 aromatic carbocycles. The fraction of sp³-hybridized carbons (Fsp3) is 0.900. The average Bonchev–Trinajstić information content (AvgIpc) is 2.79. The van der Waals surface area contributed by atoms with E-state index < -0.39 is 6.10 Å². The Labute approximate surface area is 99.6 Å². The lowest BCUT2D eigenvalue weighted by atomic mass is 10.2. The molecule has 1 saturated heterocycles. The minimum Gasteiger partial charge on any atom is -0.394 e. The van der Waals surface area contributed by atoms with Gasteiger partial charge in [-0.15, -0.1) is 11.8 Å². The maximum atomic E-state index is 11.3. The SMILES string of the molecule is O=C(CSCC(O)CO)NCC1CCCO1. The summed E-state index contributed by atoms with van der Waals surface area (Å²) < 4.78 is 5.37. The van der Waals surface area contributed by atoms with Gasteiger partial charge in [0.2, 0.25) is 5.91 Å². The Morgan fingerprint density at radius 2 is 2.44 bits per heavy atom. The van der Waals surface area contributed by atoms with Gasteiger partial charge in [0.15, 0.2) is 0 Å². The van der Waals surface area contributed by atoms with Crippen molar-refractivity contribution >= 4 is 17.7 Å². The van der Waals surface area contributed by atoms with Crippen molar-refractivity contribution in [3.05, 3.63) is 0 Å². The van der Waals surface area contributed by atoms with Crippen molar-refractivity contribution in [3.8, 4) is 0 Å². The molecular weight excluding hydrogens is 230 g/mol. The second-order valence-electron chi connectivity index (χ2n) is 3.79. The molecule has 1 aliphatic rings. The van der Waals surface area contributed by atoms with Gasteiger partial charge in [-0.25, -0.2) is 0 Å². The molecule has 5 nitrogen and oxygen atoms in total. The number of amides is 1. The van der Waals surface area contributed by atoms with Gasteiger partial charge in [0.1, 0.15) is 0 Å². The third kappa shape index (κ3) is 5.69. The summed E-state index contributed by atoms with van der Waals surface area (Å²) in [4.78, 5) is 11.3. The van der Waals surface area contributed by atoms with Crippen LogP contribution in [0.1, 0.15) is 12.8 Å². The van der Waals surface area contributed by atoms with Crippen LogP contribution in [0.15, 0.2) is 0 Å². The highest BCUT2D eigenvalue weighted by molar-refractivity contribution is 7.99. The standard InChI is InChI=1S/C10H19NO4S/c12-5-8(13)6-16-7-10(14)11-4-9-2-1-3-15-9/h8-9,12-13H,1-7H2,(H,11,14). The van der Waals surface area contributed by atoms with E-state index in [2.05, 4.69) is 5.32 Å². The third-order valence-electron chi connectivity index (χ3n) is 2.31. The van der Waals surface area contributed by atoms with E-state index in [0.29, 0.717) is 18.1 Å². The fourth-order valence-corrected chi connectivity index (χ4v) is 2.21. The van der Waals surface area contributed by atoms with Gasteiger partial charge in [0.05, 0.1) is 24.6 Å². The lowest BCUT2D eigenvalue weighted by Crippen LogP contribution is -2.33. The first kappa shape index (κ1) is 13.8. The minimum absolute atomic E-state index is 0.0503. The number of aliphatic hydroxyl groups excluding tert-OH is 2. The number of nitrogens with one attached hydrogen (secondary N) is 1. The Kier molecular flexibility index (Phi) is 6.79. The fourth-order valence-electron chi connectivity index (χ4n) is 1.42. The Morgan fingerprint density at radius 3 is 3.06 bits per heavy atom. The summed E-state index contributed by atoms with van der Waals surface area (Å²) in [6, 6.07) is 0. The lowest BCUT2D eigenvalue weighted by Gasteiger charge is -2.11. The summed E-state index contributed by atoms with van der Waals surface area (Å²) in [7, 11) is 0. The Hall–Kier alpha value is -0.300. The molecule has 16 heavy (non-hydrogen) atoms. The normalized spacial score (nSPS) is 22.0. The zero-order valence-corrected chi connectivity index (χ0v) is 10.0. The van der Waals surface area contributed by atoms with Crippen molar-refractivity contribution in [2.75, 3.05) is 31.3 Å². The first-order valence-corrected chi connectivity index (χ1v) is 6.63. The van der Waals surface area contributed by atoms with Crippen LogP contribution in [0.3, 0.4) is 0 Å². The van der Waals surface area contributed by atoms with Crippen molar-refractivity contribution in [2.45, 2.75) is 25.0 Å². The van der Waals surface area contributed by atoms with Gasteiger partial charge in [0.25, 0.3) is 0 Å². The summed E-state index contributed by atoms with van der Waals surface area (Å²) in [5.41, 5.74) is 0. The predicted molar refractivity (Wildman–Crippen MR) is 62.4 cm³/mol. The first-order chi connectivity index (χ1) is 7.72. The molecule has 2 atom stereocenters. The number of thioether (sulfide) groups is 1. The van der Waals surface area contributed by atoms with E-state index in [1.807, 2.05) is 0 Å². The molecule has 0 bridgehead atoms. The average molecular weight is 249 g/mol. The van der Waals surface area contributed by atoms with Crippen LogP contribution in [0.5, 0.6) is 0 Å². The molecule has 1 fully saturated rings. The van der Waals surface area contributed by atoms with Crippen LogP contribution < -0.4 is 5.32 Å². The van der Waals surface area contributed by atoms with Gasteiger partial charge in [-0.1, -0.05) is 0 Å². The number of rotatable bonds is 7. The maximum Gasteiger partial charge on any atom is 0.230 e. The minimum atomic E-state index is -0.740. The Balaban J connectivity index is 1.97. The van der Waals surface area contributed by atoms with Crippen molar-refractivity contribution in [1.29, 1.82) is 0 Å². The van der Waals surface area contributed by atoms with Gasteiger partial charge < -0.3 is 20.3 Å². The molecule has 0 aromatic heterocycles. The van der Waals surface area contributed by atoms with Crippen LogP contribution in [0.2, 0.25) is 0 Å². The van der Waals surface area contributed by atoms with Crippen molar-refractivity contribution in [3.63, 3.8) is 0 Å². The van der Waals surface area contributed by atoms with E-state index in [9.17, 15) is 4.79 Å². The molecule has 0 saturated carbocycles. The van der Waals surface area contributed by atoms with Crippen molar-refractivity contribution < 1.29 is 19.7 Å². The number of aliphatic hydroxyl groups is 2. The highest BCUT2D eigenvalue weighted by atomic mass is 32.2. The van der Waals surface area contributed by atoms with Crippen molar-refractivity contribution in [1.82, 2.24) is 5.32 Å². The molecule has 3 N–H and O–H groups in total. The maximum absolute atomic E-state index is 11.3. The summed E-state index contributed by atoms with van der Waals surface area (Å²) >= 11 is 1.31. The Morgan fingerprint density at radius 1 is 1.62 bits per heavy atom. The Bertz CT molecular complexity index is 209. The van der Waals surface area contributed by atoms with Gasteiger partial charge >= 0.3 is 0 Å². The number of hydrogen-bond acceptors (Lipinski definition) is 5. The van der Waals surface area contributed by atoms with Crippen molar-refractivity contribution in [2.24, 2.45) is 0 Å². The molecule has 2 unspecified atom stereocenters. The molecule has 1 amide bonds. The van der Waals surface area contributed by atoms with Gasteiger partial charge in [-0.3, -0.25) is 4.79 Å². The summed E-state index contributed by atoms with van der Waals surface area (Å²) in [6.07, 6.45) is 1.50. The van der Waals surface area contributed by atoms with Gasteiger partial charge in [-0.2, -0.15) is 0 Å². The van der Waals surface area contributed by atoms with E-state index in [1.165, 1.54) is 11.8 Å². The van der Waals surface area contributed by atoms with Crippen LogP contribution in [-0.4, -0.2) is 59.6 Å². The van der Waals surface area contributed by atoms with E-state index >= 15 is 0 Å².